The van der Waals surface area contributed by atoms with Gasteiger partial charge >= 0.3 is 13.1 Å². The number of fused-ring (bicyclic) bond motifs is 1. The van der Waals surface area contributed by atoms with Crippen LogP contribution in [0.1, 0.15) is 21.5 Å². The lowest BCUT2D eigenvalue weighted by atomic mass is 9.78. The second-order valence-corrected chi connectivity index (χ2v) is 3.72. The Hall–Kier alpha value is -1.49. The van der Waals surface area contributed by atoms with Gasteiger partial charge in [0.25, 0.3) is 0 Å². The fourth-order valence-electron chi connectivity index (χ4n) is 1.81. The standard InChI is InChI=1S/C10H11BO4/c1-6-4-7-2-3-11(14)15-9(7)8(5-6)10(12)13/h4-5,14H,2-3H2,1H3,(H,12,13). The lowest BCUT2D eigenvalue weighted by Crippen LogP contribution is -2.28. The van der Waals surface area contributed by atoms with Crippen LogP contribution in [-0.2, 0) is 6.42 Å². The average Bonchev–Trinajstić information content (AvgIpc) is 2.17. The van der Waals surface area contributed by atoms with Crippen molar-refractivity contribution >= 4 is 13.1 Å². The molecule has 0 saturated heterocycles. The van der Waals surface area contributed by atoms with Crippen LogP contribution < -0.4 is 4.65 Å². The van der Waals surface area contributed by atoms with E-state index in [2.05, 4.69) is 0 Å². The smallest absolute Gasteiger partial charge is 0.522 e. The van der Waals surface area contributed by atoms with Crippen LogP contribution in [0.25, 0.3) is 0 Å². The van der Waals surface area contributed by atoms with E-state index in [0.29, 0.717) is 18.5 Å². The number of aryl methyl sites for hydroxylation is 2. The molecule has 1 aliphatic heterocycles. The molecular weight excluding hydrogens is 195 g/mol. The predicted octanol–water partition coefficient (Wildman–Crippen LogP) is 1.11. The number of hydrogen-bond acceptors (Lipinski definition) is 3. The molecule has 0 bridgehead atoms. The minimum Gasteiger partial charge on any atom is -0.535 e. The van der Waals surface area contributed by atoms with Crippen molar-refractivity contribution in [2.45, 2.75) is 19.7 Å². The highest BCUT2D eigenvalue weighted by molar-refractivity contribution is 6.44. The van der Waals surface area contributed by atoms with Gasteiger partial charge in [-0.1, -0.05) is 6.07 Å². The maximum absolute atomic E-state index is 11.0. The van der Waals surface area contributed by atoms with Crippen molar-refractivity contribution in [3.8, 4) is 5.75 Å². The van der Waals surface area contributed by atoms with Crippen LogP contribution in [0.3, 0.4) is 0 Å². The highest BCUT2D eigenvalue weighted by atomic mass is 16.5. The molecule has 0 aliphatic carbocycles. The minimum absolute atomic E-state index is 0.128. The Labute approximate surface area is 87.6 Å². The molecule has 0 radical (unpaired) electrons. The van der Waals surface area contributed by atoms with E-state index >= 15 is 0 Å². The highest BCUT2D eigenvalue weighted by Crippen LogP contribution is 2.31. The molecule has 1 aromatic rings. The van der Waals surface area contributed by atoms with Crippen LogP contribution in [0, 0.1) is 6.92 Å². The van der Waals surface area contributed by atoms with E-state index in [1.54, 1.807) is 6.07 Å². The predicted molar refractivity (Wildman–Crippen MR) is 55.3 cm³/mol. The van der Waals surface area contributed by atoms with Crippen molar-refractivity contribution in [3.63, 3.8) is 0 Å². The zero-order valence-corrected chi connectivity index (χ0v) is 8.36. The molecule has 2 N–H and O–H groups in total. The molecular formula is C10H11BO4. The Bertz CT molecular complexity index is 416. The van der Waals surface area contributed by atoms with Crippen LogP contribution in [0.15, 0.2) is 12.1 Å². The number of rotatable bonds is 1. The first kappa shape index (κ1) is 10.0. The zero-order chi connectivity index (χ0) is 11.0. The number of benzene rings is 1. The fraction of sp³-hybridized carbons (Fsp3) is 0.300. The molecule has 0 unspecified atom stereocenters. The van der Waals surface area contributed by atoms with Crippen molar-refractivity contribution in [3.05, 3.63) is 28.8 Å². The summed E-state index contributed by atoms with van der Waals surface area (Å²) in [5.74, 6) is -0.712. The fourth-order valence-corrected chi connectivity index (χ4v) is 1.81. The average molecular weight is 206 g/mol. The van der Waals surface area contributed by atoms with E-state index in [1.165, 1.54) is 0 Å². The van der Waals surface area contributed by atoms with Crippen LogP contribution in [-0.4, -0.2) is 23.2 Å². The summed E-state index contributed by atoms with van der Waals surface area (Å²) < 4.78 is 5.15. The first-order valence-corrected chi connectivity index (χ1v) is 4.79. The molecule has 1 aliphatic rings. The molecule has 0 fully saturated rings. The monoisotopic (exact) mass is 206 g/mol. The highest BCUT2D eigenvalue weighted by Gasteiger charge is 2.27. The number of hydrogen-bond donors (Lipinski definition) is 2. The van der Waals surface area contributed by atoms with Crippen molar-refractivity contribution in [2.24, 2.45) is 0 Å². The second kappa shape index (κ2) is 3.58. The Morgan fingerprint density at radius 3 is 2.93 bits per heavy atom. The van der Waals surface area contributed by atoms with Gasteiger partial charge in [0.1, 0.15) is 11.3 Å². The van der Waals surface area contributed by atoms with Crippen LogP contribution in [0.4, 0.5) is 0 Å². The van der Waals surface area contributed by atoms with E-state index in [9.17, 15) is 9.82 Å². The van der Waals surface area contributed by atoms with Crippen LogP contribution in [0.2, 0.25) is 6.32 Å². The summed E-state index contributed by atoms with van der Waals surface area (Å²) in [5, 5.41) is 18.3. The summed E-state index contributed by atoms with van der Waals surface area (Å²) in [4.78, 5) is 11.0. The molecule has 78 valence electrons. The van der Waals surface area contributed by atoms with E-state index in [-0.39, 0.29) is 5.56 Å². The molecule has 2 rings (SSSR count). The van der Waals surface area contributed by atoms with Gasteiger partial charge in [-0.25, -0.2) is 4.79 Å². The molecule has 1 heterocycles. The van der Waals surface area contributed by atoms with Gasteiger partial charge in [-0.2, -0.15) is 0 Å². The third kappa shape index (κ3) is 1.83. The summed E-state index contributed by atoms with van der Waals surface area (Å²) in [6.45, 7) is 1.84. The van der Waals surface area contributed by atoms with Gasteiger partial charge in [-0.15, -0.1) is 0 Å². The molecule has 15 heavy (non-hydrogen) atoms. The van der Waals surface area contributed by atoms with Gasteiger partial charge in [-0.3, -0.25) is 0 Å². The van der Waals surface area contributed by atoms with E-state index in [0.717, 1.165) is 11.1 Å². The quantitative estimate of drug-likeness (QED) is 0.675. The molecule has 4 nitrogen and oxygen atoms in total. The van der Waals surface area contributed by atoms with E-state index in [4.69, 9.17) is 9.76 Å². The Morgan fingerprint density at radius 2 is 2.27 bits per heavy atom. The Kier molecular flexibility index (Phi) is 2.40. The van der Waals surface area contributed by atoms with Crippen molar-refractivity contribution < 1.29 is 19.6 Å². The number of carbonyl (C=O) groups is 1. The topological polar surface area (TPSA) is 66.8 Å². The first-order valence-electron chi connectivity index (χ1n) is 4.79. The molecule has 5 heteroatoms. The van der Waals surface area contributed by atoms with Gasteiger partial charge in [-0.05, 0) is 36.9 Å². The van der Waals surface area contributed by atoms with Crippen molar-refractivity contribution in [1.29, 1.82) is 0 Å². The second-order valence-electron chi connectivity index (χ2n) is 3.72. The van der Waals surface area contributed by atoms with Gasteiger partial charge in [0.15, 0.2) is 0 Å². The number of carboxylic acid groups (broad SMARTS) is 1. The van der Waals surface area contributed by atoms with Gasteiger partial charge in [0.2, 0.25) is 0 Å². The SMILES string of the molecule is Cc1cc2c(c(C(=O)O)c1)OB(O)CC2. The molecule has 1 aromatic carbocycles. The maximum atomic E-state index is 11.0. The Morgan fingerprint density at radius 1 is 1.53 bits per heavy atom. The van der Waals surface area contributed by atoms with Crippen LogP contribution in [0.5, 0.6) is 5.75 Å². The number of aromatic carboxylic acids is 1. The summed E-state index contributed by atoms with van der Waals surface area (Å²) in [6.07, 6.45) is 1.16. The summed E-state index contributed by atoms with van der Waals surface area (Å²) in [6, 6.07) is 3.45. The van der Waals surface area contributed by atoms with Gasteiger partial charge in [0.05, 0.1) is 0 Å². The lowest BCUT2D eigenvalue weighted by molar-refractivity contribution is 0.0694. The molecule has 0 aromatic heterocycles. The Balaban J connectivity index is 2.55. The van der Waals surface area contributed by atoms with E-state index < -0.39 is 13.1 Å². The lowest BCUT2D eigenvalue weighted by Gasteiger charge is -2.21. The molecule has 0 saturated carbocycles. The summed E-state index contributed by atoms with van der Waals surface area (Å²) in [7, 11) is -0.890. The van der Waals surface area contributed by atoms with Crippen LogP contribution >= 0.6 is 0 Å². The summed E-state index contributed by atoms with van der Waals surface area (Å²) in [5.41, 5.74) is 1.88. The molecule has 0 amide bonds. The summed E-state index contributed by atoms with van der Waals surface area (Å²) >= 11 is 0. The molecule has 0 atom stereocenters. The number of carboxylic acids is 1. The minimum atomic E-state index is -1.02. The molecule has 0 spiro atoms. The normalized spacial score (nSPS) is 14.4. The van der Waals surface area contributed by atoms with Crippen molar-refractivity contribution in [2.75, 3.05) is 0 Å². The third-order valence-electron chi connectivity index (χ3n) is 2.46. The zero-order valence-electron chi connectivity index (χ0n) is 8.36. The van der Waals surface area contributed by atoms with Crippen molar-refractivity contribution in [1.82, 2.24) is 0 Å². The van der Waals surface area contributed by atoms with E-state index in [1.807, 2.05) is 13.0 Å². The third-order valence-corrected chi connectivity index (χ3v) is 2.46. The largest absolute Gasteiger partial charge is 0.535 e. The van der Waals surface area contributed by atoms with Gasteiger partial charge in [0, 0.05) is 0 Å². The first-order chi connectivity index (χ1) is 7.08. The maximum Gasteiger partial charge on any atom is 0.522 e. The van der Waals surface area contributed by atoms with Gasteiger partial charge < -0.3 is 14.8 Å².